The second kappa shape index (κ2) is 12.7. The van der Waals surface area contributed by atoms with Crippen LogP contribution in [-0.4, -0.2) is 43.4 Å². The van der Waals surface area contributed by atoms with Crippen LogP contribution in [0, 0.1) is 0 Å². The molecule has 0 saturated carbocycles. The highest BCUT2D eigenvalue weighted by Gasteiger charge is 2.20. The molecular weight excluding hydrogens is 572 g/mol. The summed E-state index contributed by atoms with van der Waals surface area (Å²) in [7, 11) is 0. The Balaban J connectivity index is 1.45. The quantitative estimate of drug-likeness (QED) is 0.198. The normalized spacial score (nSPS) is 11.7. The van der Waals surface area contributed by atoms with Crippen molar-refractivity contribution in [1.29, 1.82) is 0 Å². The molecule has 0 unspecified atom stereocenters. The molecular formula is C34H36N6O5. The summed E-state index contributed by atoms with van der Waals surface area (Å²) in [5, 5.41) is 10.3. The maximum absolute atomic E-state index is 12.1. The number of amides is 2. The molecule has 0 aliphatic heterocycles. The average molecular weight is 609 g/mol. The van der Waals surface area contributed by atoms with Crippen molar-refractivity contribution in [2.75, 3.05) is 0 Å². The first-order valence-electron chi connectivity index (χ1n) is 14.5. The van der Waals surface area contributed by atoms with Gasteiger partial charge in [-0.15, -0.1) is 0 Å². The zero-order valence-corrected chi connectivity index (χ0v) is 26.2. The first kappa shape index (κ1) is 31.1. The van der Waals surface area contributed by atoms with Crippen molar-refractivity contribution in [2.45, 2.75) is 65.8 Å². The van der Waals surface area contributed by atoms with Gasteiger partial charge >= 0.3 is 12.2 Å². The standard InChI is InChI=1S/C34H36N6O5/c1-33(2,3)39-32(42)43-20-21-12-14-23(15-13-21)28-24(22-10-8-7-9-11-22)18-25-26(37-28)16-17-35-29(25)30-38-27(45-40-30)19-36-31(41)44-34(4,5)6/h7-18H,19-20H2,1-6H3,(H,36,41)(H,39,42). The Bertz CT molecular complexity index is 1810. The smallest absolute Gasteiger partial charge is 0.408 e. The lowest BCUT2D eigenvalue weighted by Crippen LogP contribution is -2.40. The molecule has 5 aromatic rings. The van der Waals surface area contributed by atoms with Crippen LogP contribution in [0.2, 0.25) is 0 Å². The lowest BCUT2D eigenvalue weighted by Gasteiger charge is -2.20. The van der Waals surface area contributed by atoms with Crippen molar-refractivity contribution >= 4 is 23.1 Å². The van der Waals surface area contributed by atoms with Crippen molar-refractivity contribution in [3.05, 3.63) is 84.4 Å². The lowest BCUT2D eigenvalue weighted by molar-refractivity contribution is 0.0517. The number of alkyl carbamates (subject to hydrolysis) is 2. The molecule has 0 atom stereocenters. The van der Waals surface area contributed by atoms with Gasteiger partial charge in [0.05, 0.1) is 11.2 Å². The number of carbonyl (C=O) groups is 2. The molecule has 3 aromatic heterocycles. The number of rotatable bonds is 7. The zero-order valence-electron chi connectivity index (χ0n) is 26.2. The van der Waals surface area contributed by atoms with Gasteiger partial charge in [0.1, 0.15) is 24.4 Å². The molecule has 0 aliphatic rings. The van der Waals surface area contributed by atoms with Crippen LogP contribution in [-0.2, 0) is 22.6 Å². The third-order valence-corrected chi connectivity index (χ3v) is 6.37. The molecule has 11 heteroatoms. The van der Waals surface area contributed by atoms with E-state index in [1.807, 2.05) is 87.5 Å². The predicted octanol–water partition coefficient (Wildman–Crippen LogP) is 7.06. The van der Waals surface area contributed by atoms with Crippen LogP contribution < -0.4 is 10.6 Å². The van der Waals surface area contributed by atoms with E-state index in [4.69, 9.17) is 19.0 Å². The van der Waals surface area contributed by atoms with Crippen molar-refractivity contribution in [2.24, 2.45) is 0 Å². The maximum Gasteiger partial charge on any atom is 0.408 e. The molecule has 0 aliphatic carbocycles. The average Bonchev–Trinajstić information content (AvgIpc) is 3.46. The minimum absolute atomic E-state index is 0.00659. The minimum atomic E-state index is -0.625. The fourth-order valence-corrected chi connectivity index (χ4v) is 4.47. The predicted molar refractivity (Wildman–Crippen MR) is 170 cm³/mol. The van der Waals surface area contributed by atoms with Gasteiger partial charge in [0, 0.05) is 28.2 Å². The van der Waals surface area contributed by atoms with Gasteiger partial charge in [-0.1, -0.05) is 59.8 Å². The Morgan fingerprint density at radius 2 is 1.58 bits per heavy atom. The number of nitrogens with zero attached hydrogens (tertiary/aromatic N) is 4. The Kier molecular flexibility index (Phi) is 8.80. The van der Waals surface area contributed by atoms with E-state index in [-0.39, 0.29) is 30.4 Å². The molecule has 0 fully saturated rings. The number of pyridine rings is 2. The number of carbonyl (C=O) groups excluding carboxylic acids is 2. The van der Waals surface area contributed by atoms with Crippen molar-refractivity contribution in [3.63, 3.8) is 0 Å². The number of hydrogen-bond donors (Lipinski definition) is 2. The molecule has 232 valence electrons. The van der Waals surface area contributed by atoms with Crippen LogP contribution in [0.5, 0.6) is 0 Å². The van der Waals surface area contributed by atoms with Crippen LogP contribution in [0.25, 0.3) is 44.8 Å². The van der Waals surface area contributed by atoms with Gasteiger partial charge in [0.25, 0.3) is 0 Å². The first-order valence-corrected chi connectivity index (χ1v) is 14.5. The first-order chi connectivity index (χ1) is 21.3. The van der Waals surface area contributed by atoms with Crippen LogP contribution in [0.4, 0.5) is 9.59 Å². The Hall–Kier alpha value is -5.32. The monoisotopic (exact) mass is 608 g/mol. The summed E-state index contributed by atoms with van der Waals surface area (Å²) in [6.07, 6.45) is 0.599. The minimum Gasteiger partial charge on any atom is -0.445 e. The van der Waals surface area contributed by atoms with E-state index in [1.54, 1.807) is 27.0 Å². The Labute approximate surface area is 261 Å². The highest BCUT2D eigenvalue weighted by Crippen LogP contribution is 2.36. The fourth-order valence-electron chi connectivity index (χ4n) is 4.47. The largest absolute Gasteiger partial charge is 0.445 e. The number of fused-ring (bicyclic) bond motifs is 1. The van der Waals surface area contributed by atoms with Crippen molar-refractivity contribution in [3.8, 4) is 33.9 Å². The second-order valence-electron chi connectivity index (χ2n) is 12.5. The number of hydrogen-bond acceptors (Lipinski definition) is 9. The summed E-state index contributed by atoms with van der Waals surface area (Å²) in [5.74, 6) is 0.484. The Morgan fingerprint density at radius 1 is 0.844 bits per heavy atom. The topological polar surface area (TPSA) is 141 Å². The van der Waals surface area contributed by atoms with Crippen LogP contribution >= 0.6 is 0 Å². The zero-order chi connectivity index (χ0) is 32.2. The highest BCUT2D eigenvalue weighted by molar-refractivity contribution is 5.97. The summed E-state index contributed by atoms with van der Waals surface area (Å²) in [5.41, 5.74) is 4.57. The maximum atomic E-state index is 12.1. The fraction of sp³-hybridized carbons (Fsp3) is 0.294. The van der Waals surface area contributed by atoms with E-state index >= 15 is 0 Å². The molecule has 3 heterocycles. The van der Waals surface area contributed by atoms with Gasteiger partial charge in [-0.05, 0) is 64.8 Å². The molecule has 2 N–H and O–H groups in total. The summed E-state index contributed by atoms with van der Waals surface area (Å²) >= 11 is 0. The third-order valence-electron chi connectivity index (χ3n) is 6.37. The van der Waals surface area contributed by atoms with Crippen LogP contribution in [0.1, 0.15) is 53.0 Å². The van der Waals surface area contributed by atoms with Gasteiger partial charge in [-0.25, -0.2) is 14.6 Å². The summed E-state index contributed by atoms with van der Waals surface area (Å²) in [4.78, 5) is 38.2. The SMILES string of the molecule is CC(C)(C)NC(=O)OCc1ccc(-c2nc3ccnc(-c4noc(CNC(=O)OC(C)(C)C)n4)c3cc2-c2ccccc2)cc1. The van der Waals surface area contributed by atoms with Crippen LogP contribution in [0.15, 0.2) is 77.4 Å². The molecule has 0 saturated heterocycles. The van der Waals surface area contributed by atoms with Gasteiger partial charge in [0.15, 0.2) is 0 Å². The van der Waals surface area contributed by atoms with Gasteiger partial charge in [-0.3, -0.25) is 4.98 Å². The van der Waals surface area contributed by atoms with Crippen LogP contribution in [0.3, 0.4) is 0 Å². The molecule has 2 amide bonds. The highest BCUT2D eigenvalue weighted by atomic mass is 16.6. The molecule has 0 radical (unpaired) electrons. The molecule has 45 heavy (non-hydrogen) atoms. The molecule has 11 nitrogen and oxygen atoms in total. The summed E-state index contributed by atoms with van der Waals surface area (Å²) < 4.78 is 16.1. The van der Waals surface area contributed by atoms with E-state index in [9.17, 15) is 9.59 Å². The summed E-state index contributed by atoms with van der Waals surface area (Å²) in [6, 6.07) is 21.6. The van der Waals surface area contributed by atoms with Crippen molar-refractivity contribution in [1.82, 2.24) is 30.7 Å². The van der Waals surface area contributed by atoms with Crippen molar-refractivity contribution < 1.29 is 23.6 Å². The van der Waals surface area contributed by atoms with Gasteiger partial charge in [-0.2, -0.15) is 4.98 Å². The van der Waals surface area contributed by atoms with Gasteiger partial charge in [0.2, 0.25) is 11.7 Å². The van der Waals surface area contributed by atoms with E-state index in [1.165, 1.54) is 0 Å². The number of aromatic nitrogens is 4. The lowest BCUT2D eigenvalue weighted by atomic mass is 9.96. The number of ether oxygens (including phenoxy) is 2. The third kappa shape index (κ3) is 8.20. The van der Waals surface area contributed by atoms with E-state index in [2.05, 4.69) is 25.8 Å². The van der Waals surface area contributed by atoms with E-state index < -0.39 is 17.8 Å². The Morgan fingerprint density at radius 3 is 2.27 bits per heavy atom. The summed E-state index contributed by atoms with van der Waals surface area (Å²) in [6.45, 7) is 11.2. The number of nitrogens with one attached hydrogen (secondary N) is 2. The van der Waals surface area contributed by atoms with E-state index in [0.717, 1.165) is 33.3 Å². The molecule has 0 spiro atoms. The second-order valence-corrected chi connectivity index (χ2v) is 12.5. The van der Waals surface area contributed by atoms with E-state index in [0.29, 0.717) is 11.2 Å². The molecule has 5 rings (SSSR count). The van der Waals surface area contributed by atoms with Gasteiger partial charge < -0.3 is 24.6 Å². The molecule has 2 aromatic carbocycles. The molecule has 0 bridgehead atoms. The number of benzene rings is 2.